The molecule has 1 atom stereocenters. The smallest absolute Gasteiger partial charge is 0.330 e. The SMILES string of the molecule is C=CC(=O)N1CCCCCC1C(F)(F)C(F)(F)C(F)(F)C(F)(F)C(F)(F)C(F)(F)F. The zero-order valence-electron chi connectivity index (χ0n) is 14.7. The molecule has 15 heteroatoms. The van der Waals surface area contributed by atoms with Crippen LogP contribution in [-0.2, 0) is 4.79 Å². The summed E-state index contributed by atoms with van der Waals surface area (Å²) >= 11 is 0. The van der Waals surface area contributed by atoms with Gasteiger partial charge in [0.25, 0.3) is 0 Å². The molecule has 1 fully saturated rings. The second-order valence-corrected chi connectivity index (χ2v) is 6.52. The lowest BCUT2D eigenvalue weighted by atomic mass is 9.88. The summed E-state index contributed by atoms with van der Waals surface area (Å²) in [5.41, 5.74) is 0. The van der Waals surface area contributed by atoms with Crippen LogP contribution < -0.4 is 0 Å². The molecule has 2 nitrogen and oxygen atoms in total. The predicted molar refractivity (Wildman–Crippen MR) is 75.0 cm³/mol. The van der Waals surface area contributed by atoms with Gasteiger partial charge in [-0.3, -0.25) is 4.79 Å². The molecule has 1 saturated heterocycles. The van der Waals surface area contributed by atoms with Crippen LogP contribution in [-0.4, -0.2) is 59.2 Å². The lowest BCUT2D eigenvalue weighted by Crippen LogP contribution is -2.72. The predicted octanol–water partition coefficient (Wildman–Crippen LogP) is 5.68. The van der Waals surface area contributed by atoms with Gasteiger partial charge in [0, 0.05) is 6.54 Å². The van der Waals surface area contributed by atoms with Crippen LogP contribution in [0.2, 0.25) is 0 Å². The average molecular weight is 471 g/mol. The summed E-state index contributed by atoms with van der Waals surface area (Å²) in [7, 11) is 0. The van der Waals surface area contributed by atoms with Crippen LogP contribution in [0, 0.1) is 0 Å². The third-order valence-electron chi connectivity index (χ3n) is 4.59. The summed E-state index contributed by atoms with van der Waals surface area (Å²) in [6.07, 6.45) is -8.71. The van der Waals surface area contributed by atoms with Crippen molar-refractivity contribution in [3.8, 4) is 0 Å². The Hall–Kier alpha value is -1.70. The number of alkyl halides is 13. The van der Waals surface area contributed by atoms with E-state index < -0.39 is 60.7 Å². The molecule has 0 aromatic rings. The molecule has 30 heavy (non-hydrogen) atoms. The summed E-state index contributed by atoms with van der Waals surface area (Å²) in [4.78, 5) is 11.6. The molecule has 1 rings (SSSR count). The van der Waals surface area contributed by atoms with Crippen molar-refractivity contribution < 1.29 is 61.9 Å². The lowest BCUT2D eigenvalue weighted by Gasteiger charge is -2.43. The average Bonchev–Trinajstić information content (AvgIpc) is 2.85. The van der Waals surface area contributed by atoms with Crippen molar-refractivity contribution in [2.75, 3.05) is 6.54 Å². The molecule has 1 heterocycles. The molecule has 1 aliphatic rings. The number of carbonyl (C=O) groups excluding carboxylic acids is 1. The van der Waals surface area contributed by atoms with Crippen LogP contribution in [0.1, 0.15) is 25.7 Å². The molecule has 0 aliphatic carbocycles. The molecule has 0 aromatic heterocycles. The Bertz CT molecular complexity index is 655. The Morgan fingerprint density at radius 2 is 1.20 bits per heavy atom. The van der Waals surface area contributed by atoms with Gasteiger partial charge in [-0.2, -0.15) is 57.1 Å². The fraction of sp³-hybridized carbons (Fsp3) is 0.800. The first-order chi connectivity index (χ1) is 13.2. The number of rotatable bonds is 6. The van der Waals surface area contributed by atoms with E-state index in [2.05, 4.69) is 6.58 Å². The lowest BCUT2D eigenvalue weighted by molar-refractivity contribution is -0.442. The maximum Gasteiger partial charge on any atom is 0.460 e. The Labute approximate surface area is 160 Å². The van der Waals surface area contributed by atoms with Gasteiger partial charge in [0.15, 0.2) is 0 Å². The monoisotopic (exact) mass is 471 g/mol. The fourth-order valence-corrected chi connectivity index (χ4v) is 2.86. The quantitative estimate of drug-likeness (QED) is 0.361. The second-order valence-electron chi connectivity index (χ2n) is 6.52. The van der Waals surface area contributed by atoms with E-state index in [0.29, 0.717) is 6.08 Å². The molecule has 0 spiro atoms. The minimum Gasteiger partial charge on any atom is -0.330 e. The molecule has 0 saturated carbocycles. The fourth-order valence-electron chi connectivity index (χ4n) is 2.86. The van der Waals surface area contributed by atoms with Crippen LogP contribution >= 0.6 is 0 Å². The van der Waals surface area contributed by atoms with Crippen molar-refractivity contribution >= 4 is 5.91 Å². The highest BCUT2D eigenvalue weighted by molar-refractivity contribution is 5.87. The van der Waals surface area contributed by atoms with Gasteiger partial charge in [-0.1, -0.05) is 19.4 Å². The van der Waals surface area contributed by atoms with Gasteiger partial charge in [0.05, 0.1) is 0 Å². The van der Waals surface area contributed by atoms with Gasteiger partial charge in [-0.05, 0) is 18.9 Å². The molecule has 0 radical (unpaired) electrons. The molecular formula is C15H14F13NO. The maximum atomic E-state index is 14.4. The topological polar surface area (TPSA) is 20.3 Å². The number of amides is 1. The van der Waals surface area contributed by atoms with E-state index in [9.17, 15) is 61.9 Å². The largest absolute Gasteiger partial charge is 0.460 e. The van der Waals surface area contributed by atoms with Crippen LogP contribution in [0.15, 0.2) is 12.7 Å². The Morgan fingerprint density at radius 3 is 1.63 bits per heavy atom. The van der Waals surface area contributed by atoms with Crippen molar-refractivity contribution in [3.05, 3.63) is 12.7 Å². The highest BCUT2D eigenvalue weighted by Gasteiger charge is 2.91. The molecule has 1 amide bonds. The molecule has 1 unspecified atom stereocenters. The number of nitrogens with zero attached hydrogens (tertiary/aromatic N) is 1. The Kier molecular flexibility index (Phi) is 6.82. The number of halogens is 13. The molecular weight excluding hydrogens is 457 g/mol. The minimum absolute atomic E-state index is 0.0256. The van der Waals surface area contributed by atoms with Gasteiger partial charge >= 0.3 is 35.8 Å². The van der Waals surface area contributed by atoms with Crippen LogP contribution in [0.3, 0.4) is 0 Å². The van der Waals surface area contributed by atoms with E-state index in [0.717, 1.165) is 0 Å². The summed E-state index contributed by atoms with van der Waals surface area (Å²) < 4.78 is 173. The molecule has 0 bridgehead atoms. The van der Waals surface area contributed by atoms with Gasteiger partial charge in [-0.15, -0.1) is 0 Å². The first-order valence-electron chi connectivity index (χ1n) is 8.10. The molecule has 0 aromatic carbocycles. The van der Waals surface area contributed by atoms with Gasteiger partial charge in [-0.25, -0.2) is 0 Å². The van der Waals surface area contributed by atoms with E-state index in [1.54, 1.807) is 0 Å². The first-order valence-corrected chi connectivity index (χ1v) is 8.10. The standard InChI is InChI=1S/C15H14F13NO/c1-2-9(30)29-7-5-3-4-6-8(29)10(16,17)11(18,19)12(20,21)13(22,23)14(24,25)15(26,27)28/h2,8H,1,3-7H2. The van der Waals surface area contributed by atoms with E-state index in [-0.39, 0.29) is 24.2 Å². The summed E-state index contributed by atoms with van der Waals surface area (Å²) in [5.74, 6) is -38.8. The first kappa shape index (κ1) is 26.3. The zero-order valence-corrected chi connectivity index (χ0v) is 14.7. The summed E-state index contributed by atoms with van der Waals surface area (Å²) in [6.45, 7) is 2.16. The van der Waals surface area contributed by atoms with Crippen LogP contribution in [0.25, 0.3) is 0 Å². The van der Waals surface area contributed by atoms with Crippen molar-refractivity contribution in [3.63, 3.8) is 0 Å². The number of hydrogen-bond acceptors (Lipinski definition) is 1. The Balaban J connectivity index is 3.57. The van der Waals surface area contributed by atoms with Crippen molar-refractivity contribution in [1.29, 1.82) is 0 Å². The summed E-state index contributed by atoms with van der Waals surface area (Å²) in [5, 5.41) is 0. The normalized spacial score (nSPS) is 20.7. The number of carbonyl (C=O) groups is 1. The molecule has 176 valence electrons. The minimum atomic E-state index is -7.96. The van der Waals surface area contributed by atoms with E-state index in [1.807, 2.05) is 0 Å². The highest BCUT2D eigenvalue weighted by atomic mass is 19.4. The van der Waals surface area contributed by atoms with Gasteiger partial charge < -0.3 is 4.90 Å². The third kappa shape index (κ3) is 3.72. The number of likely N-dealkylation sites (tertiary alicyclic amines) is 1. The van der Waals surface area contributed by atoms with E-state index >= 15 is 0 Å². The van der Waals surface area contributed by atoms with Crippen LogP contribution in [0.4, 0.5) is 57.1 Å². The maximum absolute atomic E-state index is 14.4. The second kappa shape index (κ2) is 7.77. The Morgan fingerprint density at radius 1 is 0.733 bits per heavy atom. The highest BCUT2D eigenvalue weighted by Crippen LogP contribution is 2.61. The van der Waals surface area contributed by atoms with Crippen molar-refractivity contribution in [2.24, 2.45) is 0 Å². The number of hydrogen-bond donors (Lipinski definition) is 0. The van der Waals surface area contributed by atoms with Gasteiger partial charge in [0.1, 0.15) is 6.04 Å². The van der Waals surface area contributed by atoms with Crippen LogP contribution in [0.5, 0.6) is 0 Å². The third-order valence-corrected chi connectivity index (χ3v) is 4.59. The van der Waals surface area contributed by atoms with Crippen molar-refractivity contribution in [1.82, 2.24) is 4.90 Å². The molecule has 0 N–H and O–H groups in total. The van der Waals surface area contributed by atoms with E-state index in [4.69, 9.17) is 0 Å². The zero-order chi connectivity index (χ0) is 24.0. The summed E-state index contributed by atoms with van der Waals surface area (Å²) in [6, 6.07) is -3.19. The van der Waals surface area contributed by atoms with Gasteiger partial charge in [0.2, 0.25) is 5.91 Å². The van der Waals surface area contributed by atoms with E-state index in [1.165, 1.54) is 0 Å². The molecule has 1 aliphatic heterocycles. The van der Waals surface area contributed by atoms with Crippen molar-refractivity contribution in [2.45, 2.75) is 67.5 Å².